The van der Waals surface area contributed by atoms with Crippen molar-refractivity contribution in [3.8, 4) is 0 Å². The molecule has 0 aliphatic carbocycles. The van der Waals surface area contributed by atoms with Gasteiger partial charge in [-0.3, -0.25) is 14.4 Å². The zero-order chi connectivity index (χ0) is 21.0. The van der Waals surface area contributed by atoms with Crippen molar-refractivity contribution in [3.05, 3.63) is 70.1 Å². The standard InChI is InChI=1S/C22H24N4O3/c1-4-25(5-2)21(28)16-9-8-10-17(13-16)23-20(27)14-26-22(29)19-12-7-6-11-18(19)15(3)24-26/h6-13H,4-5,14H2,1-3H3,(H,23,27). The van der Waals surface area contributed by atoms with Gasteiger partial charge in [-0.1, -0.05) is 24.3 Å². The number of rotatable bonds is 6. The molecule has 1 N–H and O–H groups in total. The van der Waals surface area contributed by atoms with Gasteiger partial charge in [-0.05, 0) is 45.0 Å². The maximum Gasteiger partial charge on any atom is 0.275 e. The molecule has 1 aromatic heterocycles. The number of benzene rings is 2. The van der Waals surface area contributed by atoms with E-state index in [0.29, 0.717) is 35.4 Å². The van der Waals surface area contributed by atoms with Gasteiger partial charge in [-0.25, -0.2) is 4.68 Å². The Morgan fingerprint density at radius 3 is 2.41 bits per heavy atom. The van der Waals surface area contributed by atoms with Gasteiger partial charge in [0.15, 0.2) is 0 Å². The molecule has 0 radical (unpaired) electrons. The van der Waals surface area contributed by atoms with Crippen LogP contribution in [0.4, 0.5) is 5.69 Å². The molecule has 3 aromatic rings. The molecular weight excluding hydrogens is 368 g/mol. The van der Waals surface area contributed by atoms with E-state index >= 15 is 0 Å². The monoisotopic (exact) mass is 392 g/mol. The molecule has 0 aliphatic heterocycles. The third kappa shape index (κ3) is 4.34. The molecule has 0 aliphatic rings. The zero-order valence-corrected chi connectivity index (χ0v) is 16.8. The van der Waals surface area contributed by atoms with Gasteiger partial charge in [-0.2, -0.15) is 5.10 Å². The molecule has 0 saturated carbocycles. The van der Waals surface area contributed by atoms with E-state index in [9.17, 15) is 14.4 Å². The number of hydrogen-bond donors (Lipinski definition) is 1. The molecule has 1 heterocycles. The van der Waals surface area contributed by atoms with E-state index < -0.39 is 0 Å². The van der Waals surface area contributed by atoms with Gasteiger partial charge in [0, 0.05) is 29.7 Å². The molecule has 0 fully saturated rings. The minimum Gasteiger partial charge on any atom is -0.339 e. The smallest absolute Gasteiger partial charge is 0.275 e. The average molecular weight is 392 g/mol. The summed E-state index contributed by atoms with van der Waals surface area (Å²) in [4.78, 5) is 39.3. The zero-order valence-electron chi connectivity index (χ0n) is 16.8. The highest BCUT2D eigenvalue weighted by atomic mass is 16.2. The van der Waals surface area contributed by atoms with Crippen LogP contribution in [-0.2, 0) is 11.3 Å². The van der Waals surface area contributed by atoms with Crippen molar-refractivity contribution >= 4 is 28.3 Å². The summed E-state index contributed by atoms with van der Waals surface area (Å²) in [6.07, 6.45) is 0. The van der Waals surface area contributed by atoms with Gasteiger partial charge < -0.3 is 10.2 Å². The molecule has 2 amide bonds. The van der Waals surface area contributed by atoms with Crippen LogP contribution < -0.4 is 10.9 Å². The van der Waals surface area contributed by atoms with Gasteiger partial charge in [0.05, 0.1) is 11.1 Å². The number of fused-ring (bicyclic) bond motifs is 1. The Labute approximate surface area is 169 Å². The molecule has 7 nitrogen and oxygen atoms in total. The lowest BCUT2D eigenvalue weighted by Gasteiger charge is -2.19. The van der Waals surface area contributed by atoms with Crippen LogP contribution in [0.15, 0.2) is 53.3 Å². The van der Waals surface area contributed by atoms with E-state index in [-0.39, 0.29) is 23.9 Å². The third-order valence-corrected chi connectivity index (χ3v) is 4.79. The molecule has 0 saturated heterocycles. The van der Waals surface area contributed by atoms with Crippen molar-refractivity contribution in [1.29, 1.82) is 0 Å². The number of nitrogens with one attached hydrogen (secondary N) is 1. The van der Waals surface area contributed by atoms with Crippen LogP contribution in [0.1, 0.15) is 29.9 Å². The van der Waals surface area contributed by atoms with E-state index in [4.69, 9.17) is 0 Å². The lowest BCUT2D eigenvalue weighted by molar-refractivity contribution is -0.117. The van der Waals surface area contributed by atoms with Crippen LogP contribution in [0.2, 0.25) is 0 Å². The Balaban J connectivity index is 1.79. The topological polar surface area (TPSA) is 84.3 Å². The lowest BCUT2D eigenvalue weighted by atomic mass is 10.1. The normalized spacial score (nSPS) is 10.7. The molecule has 0 spiro atoms. The molecule has 3 rings (SSSR count). The predicted octanol–water partition coefficient (Wildman–Crippen LogP) is 2.83. The quantitative estimate of drug-likeness (QED) is 0.699. The summed E-state index contributed by atoms with van der Waals surface area (Å²) in [5, 5.41) is 8.30. The molecule has 0 bridgehead atoms. The molecule has 0 atom stereocenters. The highest BCUT2D eigenvalue weighted by Crippen LogP contribution is 2.14. The second-order valence-electron chi connectivity index (χ2n) is 6.70. The first-order valence-electron chi connectivity index (χ1n) is 9.60. The fraction of sp³-hybridized carbons (Fsp3) is 0.273. The van der Waals surface area contributed by atoms with Gasteiger partial charge in [-0.15, -0.1) is 0 Å². The second-order valence-corrected chi connectivity index (χ2v) is 6.70. The first-order chi connectivity index (χ1) is 13.9. The van der Waals surface area contributed by atoms with Gasteiger partial charge in [0.1, 0.15) is 6.54 Å². The van der Waals surface area contributed by atoms with E-state index in [1.165, 1.54) is 0 Å². The molecule has 2 aromatic carbocycles. The Kier molecular flexibility index (Phi) is 6.07. The Bertz CT molecular complexity index is 1120. The van der Waals surface area contributed by atoms with E-state index in [1.807, 2.05) is 26.0 Å². The minimum absolute atomic E-state index is 0.0888. The highest BCUT2D eigenvalue weighted by Gasteiger charge is 2.14. The van der Waals surface area contributed by atoms with Crippen molar-refractivity contribution in [2.24, 2.45) is 0 Å². The SMILES string of the molecule is CCN(CC)C(=O)c1cccc(NC(=O)Cn2nc(C)c3ccccc3c2=O)c1. The first kappa shape index (κ1) is 20.3. The number of aryl methyl sites for hydroxylation is 1. The fourth-order valence-electron chi connectivity index (χ4n) is 3.27. The van der Waals surface area contributed by atoms with Gasteiger partial charge in [0.2, 0.25) is 5.91 Å². The van der Waals surface area contributed by atoms with E-state index in [0.717, 1.165) is 10.1 Å². The summed E-state index contributed by atoms with van der Waals surface area (Å²) in [5.74, 6) is -0.476. The predicted molar refractivity (Wildman–Crippen MR) is 113 cm³/mol. The van der Waals surface area contributed by atoms with Crippen molar-refractivity contribution < 1.29 is 9.59 Å². The molecule has 29 heavy (non-hydrogen) atoms. The fourth-order valence-corrected chi connectivity index (χ4v) is 3.27. The van der Waals surface area contributed by atoms with Crippen molar-refractivity contribution in [1.82, 2.24) is 14.7 Å². The summed E-state index contributed by atoms with van der Waals surface area (Å²) in [5.41, 5.74) is 1.37. The van der Waals surface area contributed by atoms with Crippen LogP contribution in [0.5, 0.6) is 0 Å². The summed E-state index contributed by atoms with van der Waals surface area (Å²) in [7, 11) is 0. The van der Waals surface area contributed by atoms with Crippen LogP contribution >= 0.6 is 0 Å². The number of aromatic nitrogens is 2. The van der Waals surface area contributed by atoms with Crippen molar-refractivity contribution in [2.75, 3.05) is 18.4 Å². The van der Waals surface area contributed by atoms with Crippen molar-refractivity contribution in [2.45, 2.75) is 27.3 Å². The Morgan fingerprint density at radius 1 is 1.03 bits per heavy atom. The van der Waals surface area contributed by atoms with Crippen LogP contribution in [0.3, 0.4) is 0 Å². The maximum absolute atomic E-state index is 12.6. The lowest BCUT2D eigenvalue weighted by Crippen LogP contribution is -2.31. The molecule has 0 unspecified atom stereocenters. The minimum atomic E-state index is -0.387. The Morgan fingerprint density at radius 2 is 1.72 bits per heavy atom. The number of nitrogens with zero attached hydrogens (tertiary/aromatic N) is 3. The average Bonchev–Trinajstić information content (AvgIpc) is 2.73. The summed E-state index contributed by atoms with van der Waals surface area (Å²) < 4.78 is 1.16. The van der Waals surface area contributed by atoms with E-state index in [2.05, 4.69) is 10.4 Å². The number of carbonyl (C=O) groups excluding carboxylic acids is 2. The van der Waals surface area contributed by atoms with Crippen LogP contribution in [0, 0.1) is 6.92 Å². The highest BCUT2D eigenvalue weighted by molar-refractivity contribution is 5.97. The van der Waals surface area contributed by atoms with Crippen molar-refractivity contribution in [3.63, 3.8) is 0 Å². The second kappa shape index (κ2) is 8.68. The van der Waals surface area contributed by atoms with E-state index in [1.54, 1.807) is 48.2 Å². The van der Waals surface area contributed by atoms with Gasteiger partial charge >= 0.3 is 0 Å². The molecule has 150 valence electrons. The van der Waals surface area contributed by atoms with Crippen LogP contribution in [0.25, 0.3) is 10.8 Å². The summed E-state index contributed by atoms with van der Waals surface area (Å²) in [6, 6.07) is 14.0. The molecule has 7 heteroatoms. The number of anilines is 1. The van der Waals surface area contributed by atoms with Crippen LogP contribution in [-0.4, -0.2) is 39.6 Å². The maximum atomic E-state index is 12.6. The number of carbonyl (C=O) groups is 2. The Hall–Kier alpha value is -3.48. The number of hydrogen-bond acceptors (Lipinski definition) is 4. The number of amides is 2. The summed E-state index contributed by atoms with van der Waals surface area (Å²) in [6.45, 7) is 6.66. The largest absolute Gasteiger partial charge is 0.339 e. The first-order valence-corrected chi connectivity index (χ1v) is 9.60. The van der Waals surface area contributed by atoms with Gasteiger partial charge in [0.25, 0.3) is 11.5 Å². The molecular formula is C22H24N4O3. The third-order valence-electron chi connectivity index (χ3n) is 4.79. The summed E-state index contributed by atoms with van der Waals surface area (Å²) >= 11 is 0.